The van der Waals surface area contributed by atoms with Crippen molar-refractivity contribution in [3.8, 4) is 44.8 Å². The lowest BCUT2D eigenvalue weighted by atomic mass is 9.92. The lowest BCUT2D eigenvalue weighted by Crippen LogP contribution is -1.98. The predicted molar refractivity (Wildman–Crippen MR) is 217 cm³/mol. The van der Waals surface area contributed by atoms with Crippen LogP contribution in [0.4, 0.5) is 0 Å². The van der Waals surface area contributed by atoms with Crippen LogP contribution >= 0.6 is 0 Å². The van der Waals surface area contributed by atoms with Crippen LogP contribution in [0.5, 0.6) is 5.75 Å². The Morgan fingerprint density at radius 3 is 2.10 bits per heavy atom. The third-order valence-electron chi connectivity index (χ3n) is 10.5. The van der Waals surface area contributed by atoms with Crippen molar-refractivity contribution in [2.75, 3.05) is 7.11 Å². The molecule has 0 unspecified atom stereocenters. The number of para-hydroxylation sites is 3. The summed E-state index contributed by atoms with van der Waals surface area (Å²) in [6.07, 6.45) is 9.03. The Bertz CT molecular complexity index is 2880. The molecule has 0 fully saturated rings. The van der Waals surface area contributed by atoms with E-state index in [4.69, 9.17) is 9.15 Å². The van der Waals surface area contributed by atoms with Gasteiger partial charge in [-0.25, -0.2) is 0 Å². The molecule has 7 aromatic carbocycles. The van der Waals surface area contributed by atoms with Crippen molar-refractivity contribution in [1.82, 2.24) is 4.57 Å². The smallest absolute Gasteiger partial charge is 0.137 e. The average molecular weight is 670 g/mol. The Kier molecular flexibility index (Phi) is 7.17. The SMILES string of the molecule is COc1c(-c2ccccc2)cccc1-c1cc(-c2cccc(C3=CCCC=C3)c2)cc(-n2c3ccccc3c3ccc4oc5ccccc5c4c32)c1. The van der Waals surface area contributed by atoms with Crippen molar-refractivity contribution >= 4 is 49.3 Å². The summed E-state index contributed by atoms with van der Waals surface area (Å²) in [5.74, 6) is 0.855. The lowest BCUT2D eigenvalue weighted by Gasteiger charge is -2.18. The molecule has 1 aliphatic carbocycles. The van der Waals surface area contributed by atoms with Crippen molar-refractivity contribution in [3.05, 3.63) is 175 Å². The van der Waals surface area contributed by atoms with Gasteiger partial charge in [-0.1, -0.05) is 121 Å². The molecule has 2 heterocycles. The molecule has 0 saturated heterocycles. The van der Waals surface area contributed by atoms with E-state index < -0.39 is 0 Å². The molecule has 9 aromatic rings. The third-order valence-corrected chi connectivity index (χ3v) is 10.5. The van der Waals surface area contributed by atoms with Gasteiger partial charge >= 0.3 is 0 Å². The van der Waals surface area contributed by atoms with Gasteiger partial charge in [0.05, 0.1) is 23.5 Å². The highest BCUT2D eigenvalue weighted by Gasteiger charge is 2.21. The minimum Gasteiger partial charge on any atom is -0.495 e. The minimum absolute atomic E-state index is 0.855. The molecule has 0 aliphatic heterocycles. The zero-order valence-electron chi connectivity index (χ0n) is 28.8. The van der Waals surface area contributed by atoms with Gasteiger partial charge in [-0.2, -0.15) is 0 Å². The topological polar surface area (TPSA) is 27.3 Å². The molecule has 0 amide bonds. The highest BCUT2D eigenvalue weighted by atomic mass is 16.5. The molecular formula is C49H35NO2. The second-order valence-corrected chi connectivity index (χ2v) is 13.5. The van der Waals surface area contributed by atoms with Gasteiger partial charge in [0.1, 0.15) is 16.9 Å². The molecule has 10 rings (SSSR count). The van der Waals surface area contributed by atoms with Crippen LogP contribution in [0.1, 0.15) is 18.4 Å². The fourth-order valence-corrected chi connectivity index (χ4v) is 8.13. The Labute approximate surface area is 302 Å². The second-order valence-electron chi connectivity index (χ2n) is 13.5. The largest absolute Gasteiger partial charge is 0.495 e. The van der Waals surface area contributed by atoms with Crippen molar-refractivity contribution in [2.24, 2.45) is 0 Å². The molecule has 52 heavy (non-hydrogen) atoms. The molecule has 3 nitrogen and oxygen atoms in total. The molecule has 0 N–H and O–H groups in total. The quantitative estimate of drug-likeness (QED) is 0.176. The summed E-state index contributed by atoms with van der Waals surface area (Å²) in [5.41, 5.74) is 14.3. The molecule has 2 aromatic heterocycles. The number of fused-ring (bicyclic) bond motifs is 7. The monoisotopic (exact) mass is 669 g/mol. The summed E-state index contributed by atoms with van der Waals surface area (Å²) in [6, 6.07) is 54.3. The summed E-state index contributed by atoms with van der Waals surface area (Å²) < 4.78 is 15.1. The number of hydrogen-bond donors (Lipinski definition) is 0. The minimum atomic E-state index is 0.855. The normalized spacial score (nSPS) is 13.0. The third kappa shape index (κ3) is 4.89. The maximum Gasteiger partial charge on any atom is 0.137 e. The first-order valence-corrected chi connectivity index (χ1v) is 17.9. The van der Waals surface area contributed by atoms with Crippen molar-refractivity contribution < 1.29 is 9.15 Å². The van der Waals surface area contributed by atoms with Crippen LogP contribution in [0.3, 0.4) is 0 Å². The van der Waals surface area contributed by atoms with Gasteiger partial charge in [0.25, 0.3) is 0 Å². The summed E-state index contributed by atoms with van der Waals surface area (Å²) in [7, 11) is 1.78. The van der Waals surface area contributed by atoms with Crippen LogP contribution in [0.2, 0.25) is 0 Å². The van der Waals surface area contributed by atoms with E-state index >= 15 is 0 Å². The van der Waals surface area contributed by atoms with Gasteiger partial charge in [-0.05, 0) is 94.8 Å². The summed E-state index contributed by atoms with van der Waals surface area (Å²) in [6.45, 7) is 0. The van der Waals surface area contributed by atoms with Crippen LogP contribution in [0, 0.1) is 0 Å². The molecule has 1 aliphatic rings. The van der Waals surface area contributed by atoms with Gasteiger partial charge in [0.15, 0.2) is 0 Å². The maximum absolute atomic E-state index is 6.45. The highest BCUT2D eigenvalue weighted by Crippen LogP contribution is 2.44. The number of furan rings is 1. The first-order valence-electron chi connectivity index (χ1n) is 17.9. The van der Waals surface area contributed by atoms with Gasteiger partial charge in [-0.3, -0.25) is 0 Å². The van der Waals surface area contributed by atoms with Crippen LogP contribution in [-0.2, 0) is 0 Å². The molecule has 3 heteroatoms. The maximum atomic E-state index is 6.45. The van der Waals surface area contributed by atoms with Gasteiger partial charge < -0.3 is 13.7 Å². The van der Waals surface area contributed by atoms with E-state index in [2.05, 4.69) is 168 Å². The number of allylic oxidation sites excluding steroid dienone is 4. The van der Waals surface area contributed by atoms with Crippen LogP contribution in [0.15, 0.2) is 174 Å². The Morgan fingerprint density at radius 2 is 1.25 bits per heavy atom. The number of hydrogen-bond acceptors (Lipinski definition) is 2. The van der Waals surface area contributed by atoms with Crippen molar-refractivity contribution in [1.29, 1.82) is 0 Å². The van der Waals surface area contributed by atoms with Crippen molar-refractivity contribution in [2.45, 2.75) is 12.8 Å². The summed E-state index contributed by atoms with van der Waals surface area (Å²) >= 11 is 0. The lowest BCUT2D eigenvalue weighted by molar-refractivity contribution is 0.418. The highest BCUT2D eigenvalue weighted by molar-refractivity contribution is 6.24. The zero-order chi connectivity index (χ0) is 34.6. The van der Waals surface area contributed by atoms with E-state index in [1.165, 1.54) is 27.5 Å². The molecule has 0 radical (unpaired) electrons. The average Bonchev–Trinajstić information content (AvgIpc) is 3.77. The van der Waals surface area contributed by atoms with Gasteiger partial charge in [-0.15, -0.1) is 0 Å². The van der Waals surface area contributed by atoms with Crippen LogP contribution < -0.4 is 4.74 Å². The Morgan fingerprint density at radius 1 is 0.538 bits per heavy atom. The van der Waals surface area contributed by atoms with E-state index in [0.717, 1.165) is 85.1 Å². The van der Waals surface area contributed by atoms with Crippen LogP contribution in [0.25, 0.3) is 88.4 Å². The molecule has 248 valence electrons. The first kappa shape index (κ1) is 30.3. The van der Waals surface area contributed by atoms with E-state index in [9.17, 15) is 0 Å². The van der Waals surface area contributed by atoms with E-state index in [0.29, 0.717) is 0 Å². The van der Waals surface area contributed by atoms with E-state index in [1.807, 2.05) is 6.07 Å². The fraction of sp³-hybridized carbons (Fsp3) is 0.0612. The number of ether oxygens (including phenoxy) is 1. The number of aromatic nitrogens is 1. The van der Waals surface area contributed by atoms with Crippen molar-refractivity contribution in [3.63, 3.8) is 0 Å². The molecule has 0 saturated carbocycles. The van der Waals surface area contributed by atoms with E-state index in [-0.39, 0.29) is 0 Å². The van der Waals surface area contributed by atoms with Gasteiger partial charge in [0, 0.05) is 33.0 Å². The summed E-state index contributed by atoms with van der Waals surface area (Å²) in [4.78, 5) is 0. The van der Waals surface area contributed by atoms with E-state index in [1.54, 1.807) is 7.11 Å². The van der Waals surface area contributed by atoms with Crippen LogP contribution in [-0.4, -0.2) is 11.7 Å². The number of methoxy groups -OCH3 is 1. The fourth-order valence-electron chi connectivity index (χ4n) is 8.13. The number of benzene rings is 7. The predicted octanol–water partition coefficient (Wildman–Crippen LogP) is 13.4. The molecule has 0 atom stereocenters. The Hall–Kier alpha value is -6.58. The number of rotatable bonds is 6. The molecular weight excluding hydrogens is 635 g/mol. The standard InChI is InChI=1S/C49H35NO2/c1-51-49-39(33-16-6-3-7-17-33)22-13-23-40(49)37-29-36(35-19-12-18-34(28-35)32-14-4-2-5-15-32)30-38(31-37)50-44-24-10-8-20-41(44)42-26-27-46-47(48(42)50)43-21-9-11-25-45(43)52-46/h3-4,6-31H,2,5H2,1H3. The zero-order valence-corrected chi connectivity index (χ0v) is 28.8. The molecule has 0 bridgehead atoms. The van der Waals surface area contributed by atoms with Gasteiger partial charge in [0.2, 0.25) is 0 Å². The number of nitrogens with zero attached hydrogens (tertiary/aromatic N) is 1. The first-order chi connectivity index (χ1) is 25.7. The second kappa shape index (κ2) is 12.3. The Balaban J connectivity index is 1.29. The summed E-state index contributed by atoms with van der Waals surface area (Å²) in [5, 5.41) is 4.64. The molecule has 0 spiro atoms.